The van der Waals surface area contributed by atoms with Crippen molar-refractivity contribution >= 4 is 40.0 Å². The van der Waals surface area contributed by atoms with Gasteiger partial charge in [0, 0.05) is 51.4 Å². The molecule has 7 nitrogen and oxygen atoms in total. The van der Waals surface area contributed by atoms with E-state index in [2.05, 4.69) is 43.2 Å². The summed E-state index contributed by atoms with van der Waals surface area (Å²) in [6, 6.07) is 0.963. The third-order valence-electron chi connectivity index (χ3n) is 5.26. The van der Waals surface area contributed by atoms with Crippen LogP contribution in [-0.4, -0.2) is 81.2 Å². The van der Waals surface area contributed by atoms with E-state index in [1.165, 1.54) is 6.26 Å². The first-order chi connectivity index (χ1) is 11.7. The summed E-state index contributed by atoms with van der Waals surface area (Å²) in [5.74, 6) is 1.74. The average molecular weight is 501 g/mol. The van der Waals surface area contributed by atoms with Gasteiger partial charge in [-0.25, -0.2) is 12.7 Å². The monoisotopic (exact) mass is 501 g/mol. The number of halogens is 1. The molecular formula is C17H36IN5O2S. The summed E-state index contributed by atoms with van der Waals surface area (Å²) in [5, 5.41) is 6.91. The molecule has 0 saturated carbocycles. The quantitative estimate of drug-likeness (QED) is 0.325. The van der Waals surface area contributed by atoms with Gasteiger partial charge in [-0.05, 0) is 39.0 Å². The van der Waals surface area contributed by atoms with Gasteiger partial charge in [0.2, 0.25) is 10.0 Å². The van der Waals surface area contributed by atoms with E-state index in [-0.39, 0.29) is 24.0 Å². The van der Waals surface area contributed by atoms with Crippen molar-refractivity contribution in [2.45, 2.75) is 46.2 Å². The lowest BCUT2D eigenvalue weighted by molar-refractivity contribution is 0.265. The van der Waals surface area contributed by atoms with Crippen LogP contribution in [0.2, 0.25) is 0 Å². The average Bonchev–Trinajstić information content (AvgIpc) is 3.12. The van der Waals surface area contributed by atoms with Crippen molar-refractivity contribution in [3.05, 3.63) is 0 Å². The smallest absolute Gasteiger partial charge is 0.211 e. The molecule has 3 atom stereocenters. The fourth-order valence-electron chi connectivity index (χ4n) is 3.58. The lowest BCUT2D eigenvalue weighted by Gasteiger charge is -2.22. The normalized spacial score (nSPS) is 28.4. The Balaban J connectivity index is 0.00000338. The SMILES string of the molecule is CCNC(=NCC1CCN(S(C)(=O)=O)C1)NC1CN(C(C)C)CC1C.I. The molecule has 26 heavy (non-hydrogen) atoms. The molecule has 2 aliphatic heterocycles. The van der Waals surface area contributed by atoms with Crippen LogP contribution in [0.3, 0.4) is 0 Å². The number of aliphatic imine (C=N–C) groups is 1. The van der Waals surface area contributed by atoms with Crippen LogP contribution in [0.25, 0.3) is 0 Å². The van der Waals surface area contributed by atoms with E-state index in [0.717, 1.165) is 32.0 Å². The van der Waals surface area contributed by atoms with Crippen LogP contribution in [0.5, 0.6) is 0 Å². The lowest BCUT2D eigenvalue weighted by Crippen LogP contribution is -2.47. The molecule has 2 heterocycles. The zero-order valence-corrected chi connectivity index (χ0v) is 19.9. The first-order valence-electron chi connectivity index (χ1n) is 9.44. The molecule has 9 heteroatoms. The summed E-state index contributed by atoms with van der Waals surface area (Å²) < 4.78 is 24.8. The Hall–Kier alpha value is -0.130. The second kappa shape index (κ2) is 10.4. The number of hydrogen-bond acceptors (Lipinski definition) is 4. The summed E-state index contributed by atoms with van der Waals surface area (Å²) >= 11 is 0. The maximum atomic E-state index is 11.6. The van der Waals surface area contributed by atoms with Gasteiger partial charge in [0.15, 0.2) is 5.96 Å². The molecule has 2 fully saturated rings. The topological polar surface area (TPSA) is 77.0 Å². The van der Waals surface area contributed by atoms with Crippen molar-refractivity contribution in [3.63, 3.8) is 0 Å². The summed E-state index contributed by atoms with van der Waals surface area (Å²) in [4.78, 5) is 7.23. The Morgan fingerprint density at radius 3 is 2.46 bits per heavy atom. The number of nitrogens with one attached hydrogen (secondary N) is 2. The Bertz CT molecular complexity index is 570. The maximum absolute atomic E-state index is 11.6. The molecule has 2 aliphatic rings. The number of guanidine groups is 1. The summed E-state index contributed by atoms with van der Waals surface area (Å²) in [5.41, 5.74) is 0. The minimum absolute atomic E-state index is 0. The number of nitrogens with zero attached hydrogens (tertiary/aromatic N) is 3. The van der Waals surface area contributed by atoms with Gasteiger partial charge in [-0.3, -0.25) is 9.89 Å². The highest BCUT2D eigenvalue weighted by atomic mass is 127. The van der Waals surface area contributed by atoms with Crippen LogP contribution in [0.1, 0.15) is 34.1 Å². The molecule has 2 saturated heterocycles. The van der Waals surface area contributed by atoms with Gasteiger partial charge in [-0.2, -0.15) is 0 Å². The Morgan fingerprint density at radius 1 is 1.27 bits per heavy atom. The van der Waals surface area contributed by atoms with E-state index >= 15 is 0 Å². The van der Waals surface area contributed by atoms with E-state index in [9.17, 15) is 8.42 Å². The molecule has 0 spiro atoms. The van der Waals surface area contributed by atoms with Crippen LogP contribution < -0.4 is 10.6 Å². The van der Waals surface area contributed by atoms with Crippen LogP contribution in [0.4, 0.5) is 0 Å². The van der Waals surface area contributed by atoms with E-state index in [0.29, 0.717) is 43.6 Å². The number of hydrogen-bond donors (Lipinski definition) is 2. The highest BCUT2D eigenvalue weighted by molar-refractivity contribution is 14.0. The molecular weight excluding hydrogens is 465 g/mol. The van der Waals surface area contributed by atoms with Crippen molar-refractivity contribution in [2.75, 3.05) is 45.5 Å². The predicted molar refractivity (Wildman–Crippen MR) is 119 cm³/mol. The molecule has 0 amide bonds. The molecule has 2 rings (SSSR count). The van der Waals surface area contributed by atoms with Gasteiger partial charge in [-0.15, -0.1) is 24.0 Å². The molecule has 0 aromatic carbocycles. The van der Waals surface area contributed by atoms with Crippen LogP contribution >= 0.6 is 24.0 Å². The van der Waals surface area contributed by atoms with E-state index in [4.69, 9.17) is 4.99 Å². The van der Waals surface area contributed by atoms with Crippen molar-refractivity contribution in [1.82, 2.24) is 19.8 Å². The minimum atomic E-state index is -3.08. The van der Waals surface area contributed by atoms with E-state index < -0.39 is 10.0 Å². The van der Waals surface area contributed by atoms with Gasteiger partial charge in [-0.1, -0.05) is 6.92 Å². The third kappa shape index (κ3) is 6.79. The van der Waals surface area contributed by atoms with Crippen molar-refractivity contribution in [2.24, 2.45) is 16.8 Å². The lowest BCUT2D eigenvalue weighted by atomic mass is 10.1. The van der Waals surface area contributed by atoms with Gasteiger partial charge in [0.05, 0.1) is 6.26 Å². The molecule has 3 unspecified atom stereocenters. The van der Waals surface area contributed by atoms with Gasteiger partial charge >= 0.3 is 0 Å². The Kier molecular flexibility index (Phi) is 9.59. The summed E-state index contributed by atoms with van der Waals surface area (Å²) in [7, 11) is -3.08. The van der Waals surface area contributed by atoms with E-state index in [1.807, 2.05) is 0 Å². The minimum Gasteiger partial charge on any atom is -0.357 e. The molecule has 0 aliphatic carbocycles. The number of likely N-dealkylation sites (tertiary alicyclic amines) is 1. The summed E-state index contributed by atoms with van der Waals surface area (Å²) in [6.07, 6.45) is 2.17. The van der Waals surface area contributed by atoms with Crippen LogP contribution in [-0.2, 0) is 10.0 Å². The fourth-order valence-corrected chi connectivity index (χ4v) is 4.50. The van der Waals surface area contributed by atoms with E-state index in [1.54, 1.807) is 4.31 Å². The van der Waals surface area contributed by atoms with Crippen molar-refractivity contribution in [3.8, 4) is 0 Å². The Labute approximate surface area is 176 Å². The third-order valence-corrected chi connectivity index (χ3v) is 6.53. The molecule has 154 valence electrons. The zero-order chi connectivity index (χ0) is 18.6. The maximum Gasteiger partial charge on any atom is 0.211 e. The summed E-state index contributed by atoms with van der Waals surface area (Å²) in [6.45, 7) is 13.7. The first kappa shape index (κ1) is 23.9. The largest absolute Gasteiger partial charge is 0.357 e. The number of rotatable bonds is 6. The number of sulfonamides is 1. The van der Waals surface area contributed by atoms with Gasteiger partial charge < -0.3 is 10.6 Å². The predicted octanol–water partition coefficient (Wildman–Crippen LogP) is 1.17. The highest BCUT2D eigenvalue weighted by Gasteiger charge is 2.32. The van der Waals surface area contributed by atoms with Crippen LogP contribution in [0.15, 0.2) is 4.99 Å². The second-order valence-electron chi connectivity index (χ2n) is 7.77. The Morgan fingerprint density at radius 2 is 1.96 bits per heavy atom. The first-order valence-corrected chi connectivity index (χ1v) is 11.3. The molecule has 0 bridgehead atoms. The fraction of sp³-hybridized carbons (Fsp3) is 0.941. The standard InChI is InChI=1S/C17H35N5O2S.HI/c1-6-18-17(20-16-12-21(13(2)3)10-14(16)4)19-9-15-7-8-22(11-15)25(5,23)24;/h13-16H,6-12H2,1-5H3,(H2,18,19,20);1H. The second-order valence-corrected chi connectivity index (χ2v) is 9.75. The van der Waals surface area contributed by atoms with Crippen molar-refractivity contribution in [1.29, 1.82) is 0 Å². The zero-order valence-electron chi connectivity index (χ0n) is 16.7. The van der Waals surface area contributed by atoms with Gasteiger partial charge in [0.1, 0.15) is 0 Å². The molecule has 2 N–H and O–H groups in total. The van der Waals surface area contributed by atoms with Crippen molar-refractivity contribution < 1.29 is 8.42 Å². The molecule has 0 aromatic heterocycles. The molecule has 0 radical (unpaired) electrons. The molecule has 0 aromatic rings. The van der Waals surface area contributed by atoms with Gasteiger partial charge in [0.25, 0.3) is 0 Å². The van der Waals surface area contributed by atoms with Crippen LogP contribution in [0, 0.1) is 11.8 Å². The highest BCUT2D eigenvalue weighted by Crippen LogP contribution is 2.20.